The van der Waals surface area contributed by atoms with Crippen LogP contribution >= 0.6 is 0 Å². The second-order valence-corrected chi connectivity index (χ2v) is 10.2. The van der Waals surface area contributed by atoms with Crippen molar-refractivity contribution in [3.05, 3.63) is 17.8 Å². The molecule has 0 saturated carbocycles. The number of likely N-dealkylation sites (tertiary alicyclic amines) is 1. The summed E-state index contributed by atoms with van der Waals surface area (Å²) in [5.41, 5.74) is 0.623. The molecule has 2 fully saturated rings. The van der Waals surface area contributed by atoms with Gasteiger partial charge in [-0.2, -0.15) is 0 Å². The van der Waals surface area contributed by atoms with E-state index >= 15 is 0 Å². The third-order valence-electron chi connectivity index (χ3n) is 6.21. The summed E-state index contributed by atoms with van der Waals surface area (Å²) in [5.74, 6) is 0.861. The van der Waals surface area contributed by atoms with Crippen LogP contribution in [0.2, 0.25) is 0 Å². The molecular formula is C22H35BN2O5. The smallest absolute Gasteiger partial charge is 0.481 e. The van der Waals surface area contributed by atoms with Gasteiger partial charge >= 0.3 is 13.2 Å². The van der Waals surface area contributed by atoms with Crippen LogP contribution in [0.4, 0.5) is 4.79 Å². The molecule has 0 spiro atoms. The summed E-state index contributed by atoms with van der Waals surface area (Å²) in [7, 11) is 1.17. The quantitative estimate of drug-likeness (QED) is 0.700. The first-order valence-electron chi connectivity index (χ1n) is 10.7. The largest absolute Gasteiger partial charge is 0.496 e. The minimum Gasteiger partial charge on any atom is -0.481 e. The number of rotatable bonds is 3. The van der Waals surface area contributed by atoms with E-state index in [1.807, 2.05) is 48.5 Å². The first-order chi connectivity index (χ1) is 13.8. The van der Waals surface area contributed by atoms with E-state index in [1.165, 1.54) is 0 Å². The van der Waals surface area contributed by atoms with E-state index in [0.29, 0.717) is 19.0 Å². The predicted octanol–water partition coefficient (Wildman–Crippen LogP) is 3.50. The van der Waals surface area contributed by atoms with Gasteiger partial charge in [0.2, 0.25) is 5.88 Å². The lowest BCUT2D eigenvalue weighted by Crippen LogP contribution is -2.41. The summed E-state index contributed by atoms with van der Waals surface area (Å²) in [6, 6.07) is 2.09. The monoisotopic (exact) mass is 418 g/mol. The number of ether oxygens (including phenoxy) is 2. The number of pyridine rings is 1. The van der Waals surface area contributed by atoms with Gasteiger partial charge in [-0.3, -0.25) is 0 Å². The number of carbonyl (C=O) groups excluding carboxylic acids is 1. The van der Waals surface area contributed by atoms with Gasteiger partial charge in [0, 0.05) is 30.3 Å². The molecule has 2 saturated heterocycles. The second-order valence-electron chi connectivity index (χ2n) is 10.2. The third kappa shape index (κ3) is 4.75. The Bertz CT molecular complexity index is 766. The maximum absolute atomic E-state index is 12.4. The Labute approximate surface area is 180 Å². The number of methoxy groups -OCH3 is 1. The highest BCUT2D eigenvalue weighted by Gasteiger charge is 2.52. The fourth-order valence-corrected chi connectivity index (χ4v) is 3.76. The molecule has 0 aromatic carbocycles. The summed E-state index contributed by atoms with van der Waals surface area (Å²) in [6.07, 6.45) is 3.16. The van der Waals surface area contributed by atoms with E-state index < -0.39 is 23.9 Å². The Morgan fingerprint density at radius 2 is 1.73 bits per heavy atom. The standard InChI is InChI=1S/C22H35BN2O5/c1-20(2,3)28-19(26)25-11-9-15(10-12-25)17-13-16(14-24-18(17)27-8)23-29-21(4,5)22(6,7)30-23/h13-15H,9-12H2,1-8H3. The van der Waals surface area contributed by atoms with Crippen LogP contribution in [-0.4, -0.2) is 60.1 Å². The van der Waals surface area contributed by atoms with Crippen LogP contribution in [0.3, 0.4) is 0 Å². The van der Waals surface area contributed by atoms with E-state index in [1.54, 1.807) is 18.2 Å². The van der Waals surface area contributed by atoms with E-state index in [-0.39, 0.29) is 12.0 Å². The number of hydrogen-bond donors (Lipinski definition) is 0. The van der Waals surface area contributed by atoms with Crippen LogP contribution < -0.4 is 10.2 Å². The molecule has 1 amide bonds. The van der Waals surface area contributed by atoms with Gasteiger partial charge in [0.1, 0.15) is 5.60 Å². The van der Waals surface area contributed by atoms with Crippen LogP contribution in [0.15, 0.2) is 12.3 Å². The molecule has 0 atom stereocenters. The minimum absolute atomic E-state index is 0.244. The van der Waals surface area contributed by atoms with E-state index in [9.17, 15) is 4.79 Å². The predicted molar refractivity (Wildman–Crippen MR) is 116 cm³/mol. The fraction of sp³-hybridized carbons (Fsp3) is 0.727. The van der Waals surface area contributed by atoms with Gasteiger partial charge < -0.3 is 23.7 Å². The summed E-state index contributed by atoms with van der Waals surface area (Å²) >= 11 is 0. The summed E-state index contributed by atoms with van der Waals surface area (Å²) in [5, 5.41) is 0. The first kappa shape index (κ1) is 22.9. The average molecular weight is 418 g/mol. The second kappa shape index (κ2) is 8.04. The van der Waals surface area contributed by atoms with Gasteiger partial charge in [-0.05, 0) is 67.2 Å². The number of carbonyl (C=O) groups is 1. The molecule has 0 aliphatic carbocycles. The number of amides is 1. The first-order valence-corrected chi connectivity index (χ1v) is 10.7. The highest BCUT2D eigenvalue weighted by molar-refractivity contribution is 6.62. The van der Waals surface area contributed by atoms with Crippen molar-refractivity contribution < 1.29 is 23.6 Å². The Morgan fingerprint density at radius 3 is 2.23 bits per heavy atom. The average Bonchev–Trinajstić information content (AvgIpc) is 2.87. The van der Waals surface area contributed by atoms with Gasteiger partial charge in [-0.15, -0.1) is 0 Å². The maximum atomic E-state index is 12.4. The molecule has 0 radical (unpaired) electrons. The number of hydrogen-bond acceptors (Lipinski definition) is 6. The van der Waals surface area contributed by atoms with Crippen molar-refractivity contribution in [2.45, 2.75) is 84.0 Å². The Hall–Kier alpha value is -1.80. The topological polar surface area (TPSA) is 70.1 Å². The molecule has 3 heterocycles. The maximum Gasteiger partial charge on any atom is 0.496 e. The Morgan fingerprint density at radius 1 is 1.17 bits per heavy atom. The molecule has 1 aromatic heterocycles. The van der Waals surface area contributed by atoms with Crippen molar-refractivity contribution in [3.8, 4) is 5.88 Å². The number of nitrogens with zero attached hydrogens (tertiary/aromatic N) is 2. The van der Waals surface area contributed by atoms with Crippen LogP contribution in [0.1, 0.15) is 72.8 Å². The highest BCUT2D eigenvalue weighted by atomic mass is 16.7. The van der Waals surface area contributed by atoms with E-state index in [4.69, 9.17) is 18.8 Å². The van der Waals surface area contributed by atoms with Gasteiger partial charge in [0.25, 0.3) is 0 Å². The number of aromatic nitrogens is 1. The highest BCUT2D eigenvalue weighted by Crippen LogP contribution is 2.37. The van der Waals surface area contributed by atoms with Crippen molar-refractivity contribution in [2.75, 3.05) is 20.2 Å². The van der Waals surface area contributed by atoms with E-state index in [2.05, 4.69) is 11.1 Å². The molecule has 2 aliphatic heterocycles. The van der Waals surface area contributed by atoms with Crippen LogP contribution in [0.5, 0.6) is 5.88 Å². The Balaban J connectivity index is 1.74. The summed E-state index contributed by atoms with van der Waals surface area (Å²) in [6.45, 7) is 15.1. The van der Waals surface area contributed by atoms with Crippen molar-refractivity contribution >= 4 is 18.7 Å². The van der Waals surface area contributed by atoms with Crippen LogP contribution in [-0.2, 0) is 14.0 Å². The third-order valence-corrected chi connectivity index (χ3v) is 6.21. The zero-order valence-electron chi connectivity index (χ0n) is 19.6. The van der Waals surface area contributed by atoms with Crippen molar-refractivity contribution in [1.29, 1.82) is 0 Å². The normalized spacial score (nSPS) is 21.6. The van der Waals surface area contributed by atoms with Crippen LogP contribution in [0, 0.1) is 0 Å². The van der Waals surface area contributed by atoms with Crippen LogP contribution in [0.25, 0.3) is 0 Å². The number of piperidine rings is 1. The van der Waals surface area contributed by atoms with Crippen molar-refractivity contribution in [3.63, 3.8) is 0 Å². The van der Waals surface area contributed by atoms with Gasteiger partial charge in [-0.1, -0.05) is 6.07 Å². The molecule has 2 aliphatic rings. The van der Waals surface area contributed by atoms with Gasteiger partial charge in [0.05, 0.1) is 18.3 Å². The lowest BCUT2D eigenvalue weighted by molar-refractivity contribution is 0.00578. The molecule has 30 heavy (non-hydrogen) atoms. The molecule has 166 valence electrons. The van der Waals surface area contributed by atoms with E-state index in [0.717, 1.165) is 23.9 Å². The summed E-state index contributed by atoms with van der Waals surface area (Å²) in [4.78, 5) is 18.7. The van der Waals surface area contributed by atoms with Crippen molar-refractivity contribution in [1.82, 2.24) is 9.88 Å². The molecule has 1 aromatic rings. The molecule has 0 unspecified atom stereocenters. The molecule has 7 nitrogen and oxygen atoms in total. The molecule has 8 heteroatoms. The Kier molecular flexibility index (Phi) is 6.13. The van der Waals surface area contributed by atoms with Crippen molar-refractivity contribution in [2.24, 2.45) is 0 Å². The molecule has 3 rings (SSSR count). The molecule has 0 bridgehead atoms. The zero-order valence-corrected chi connectivity index (χ0v) is 19.6. The lowest BCUT2D eigenvalue weighted by Gasteiger charge is -2.34. The molecule has 0 N–H and O–H groups in total. The fourth-order valence-electron chi connectivity index (χ4n) is 3.76. The minimum atomic E-state index is -0.488. The SMILES string of the molecule is COc1ncc(B2OC(C)(C)C(C)(C)O2)cc1C1CCN(C(=O)OC(C)(C)C)CC1. The van der Waals surface area contributed by atoms with Gasteiger partial charge in [-0.25, -0.2) is 9.78 Å². The molecular weight excluding hydrogens is 383 g/mol. The van der Waals surface area contributed by atoms with Gasteiger partial charge in [0.15, 0.2) is 0 Å². The summed E-state index contributed by atoms with van der Waals surface area (Å²) < 4.78 is 23.4. The zero-order chi connectivity index (χ0) is 22.3. The lowest BCUT2D eigenvalue weighted by atomic mass is 9.78.